The molecular weight excluding hydrogens is 256 g/mol. The lowest BCUT2D eigenvalue weighted by Crippen LogP contribution is -2.27. The summed E-state index contributed by atoms with van der Waals surface area (Å²) in [5, 5.41) is 12.1. The van der Waals surface area contributed by atoms with Gasteiger partial charge in [0.25, 0.3) is 11.6 Å². The molecule has 1 saturated heterocycles. The van der Waals surface area contributed by atoms with Gasteiger partial charge in [0.05, 0.1) is 18.1 Å². The Morgan fingerprint density at radius 3 is 2.89 bits per heavy atom. The molecule has 0 bridgehead atoms. The van der Waals surface area contributed by atoms with Crippen LogP contribution in [0.4, 0.5) is 5.69 Å². The third kappa shape index (κ3) is 2.46. The minimum atomic E-state index is -0.548. The van der Waals surface area contributed by atoms with Crippen molar-refractivity contribution in [1.29, 1.82) is 0 Å². The fraction of sp³-hybridized carbons (Fsp3) is 0.364. The van der Waals surface area contributed by atoms with Crippen LogP contribution in [0.2, 0.25) is 0 Å². The van der Waals surface area contributed by atoms with E-state index in [1.165, 1.54) is 29.0 Å². The number of hydrogen-bond donors (Lipinski definition) is 0. The number of hydrogen-bond acceptors (Lipinski definition) is 5. The highest BCUT2D eigenvalue weighted by molar-refractivity contribution is 7.98. The lowest BCUT2D eigenvalue weighted by atomic mass is 10.1. The minimum Gasteiger partial charge on any atom is -0.271 e. The molecule has 6 nitrogen and oxygen atoms in total. The summed E-state index contributed by atoms with van der Waals surface area (Å²) in [4.78, 5) is 28.4. The van der Waals surface area contributed by atoms with E-state index in [9.17, 15) is 14.9 Å². The van der Waals surface area contributed by atoms with Gasteiger partial charge in [-0.1, -0.05) is 0 Å². The molecule has 1 amide bonds. The van der Waals surface area contributed by atoms with Crippen LogP contribution in [0.25, 0.3) is 0 Å². The molecule has 0 atom stereocenters. The lowest BCUT2D eigenvalue weighted by molar-refractivity contribution is -0.385. The molecule has 1 heterocycles. The Bertz CT molecular complexity index is 486. The number of nitrogens with zero attached hydrogens (tertiary/aromatic N) is 2. The quantitative estimate of drug-likeness (QED) is 0.477. The molecule has 0 unspecified atom stereocenters. The molecule has 1 aromatic rings. The predicted octanol–water partition coefficient (Wildman–Crippen LogP) is 2.09. The highest BCUT2D eigenvalue weighted by Crippen LogP contribution is 2.26. The average molecular weight is 268 g/mol. The van der Waals surface area contributed by atoms with Crippen molar-refractivity contribution in [2.24, 2.45) is 0 Å². The number of carbonyl (C=O) groups is 1. The molecule has 1 aliphatic heterocycles. The van der Waals surface area contributed by atoms with Crippen LogP contribution in [0.15, 0.2) is 23.1 Å². The van der Waals surface area contributed by atoms with Gasteiger partial charge < -0.3 is 0 Å². The van der Waals surface area contributed by atoms with Crippen LogP contribution in [-0.4, -0.2) is 35.3 Å². The molecule has 96 valence electrons. The van der Waals surface area contributed by atoms with Crippen molar-refractivity contribution in [2.45, 2.75) is 11.3 Å². The van der Waals surface area contributed by atoms with Gasteiger partial charge in [0.15, 0.2) is 0 Å². The maximum atomic E-state index is 12.1. The second kappa shape index (κ2) is 5.36. The van der Waals surface area contributed by atoms with Crippen molar-refractivity contribution in [2.75, 3.05) is 19.4 Å². The summed E-state index contributed by atoms with van der Waals surface area (Å²) in [6.45, 7) is 0.946. The topological polar surface area (TPSA) is 72.7 Å². The Morgan fingerprint density at radius 1 is 1.56 bits per heavy atom. The van der Waals surface area contributed by atoms with E-state index in [1.54, 1.807) is 6.07 Å². The monoisotopic (exact) mass is 268 g/mol. The maximum absolute atomic E-state index is 12.1. The van der Waals surface area contributed by atoms with Gasteiger partial charge >= 0.3 is 0 Å². The Kier molecular flexibility index (Phi) is 3.83. The van der Waals surface area contributed by atoms with Gasteiger partial charge in [0.2, 0.25) is 0 Å². The molecule has 1 aliphatic rings. The molecule has 18 heavy (non-hydrogen) atoms. The van der Waals surface area contributed by atoms with E-state index in [0.717, 1.165) is 11.3 Å². The largest absolute Gasteiger partial charge is 0.284 e. The Balaban J connectivity index is 2.39. The SMILES string of the molecule is CSc1ccc([N+](=O)[O-])c(C(=O)N2CCCO2)c1. The number of carbonyl (C=O) groups excluding carboxylic acids is 1. The lowest BCUT2D eigenvalue weighted by Gasteiger charge is -2.14. The van der Waals surface area contributed by atoms with Crippen molar-refractivity contribution in [3.63, 3.8) is 0 Å². The third-order valence-electron chi connectivity index (χ3n) is 2.61. The summed E-state index contributed by atoms with van der Waals surface area (Å²) in [7, 11) is 0. The summed E-state index contributed by atoms with van der Waals surface area (Å²) in [6.07, 6.45) is 2.60. The van der Waals surface area contributed by atoms with Crippen molar-refractivity contribution < 1.29 is 14.6 Å². The zero-order valence-corrected chi connectivity index (χ0v) is 10.6. The van der Waals surface area contributed by atoms with E-state index in [2.05, 4.69) is 0 Å². The van der Waals surface area contributed by atoms with Crippen LogP contribution in [-0.2, 0) is 4.84 Å². The summed E-state index contributed by atoms with van der Waals surface area (Å²) >= 11 is 1.43. The summed E-state index contributed by atoms with van der Waals surface area (Å²) in [5.74, 6) is -0.449. The summed E-state index contributed by atoms with van der Waals surface area (Å²) in [5.41, 5.74) is -0.109. The van der Waals surface area contributed by atoms with Crippen molar-refractivity contribution in [3.8, 4) is 0 Å². The second-order valence-electron chi connectivity index (χ2n) is 3.73. The van der Waals surface area contributed by atoms with Gasteiger partial charge in [-0.3, -0.25) is 19.7 Å². The van der Waals surface area contributed by atoms with Gasteiger partial charge in [-0.2, -0.15) is 0 Å². The van der Waals surface area contributed by atoms with E-state index in [-0.39, 0.29) is 11.3 Å². The first kappa shape index (κ1) is 12.8. The van der Waals surface area contributed by atoms with Gasteiger partial charge in [0.1, 0.15) is 5.56 Å². The van der Waals surface area contributed by atoms with Gasteiger partial charge in [0, 0.05) is 11.0 Å². The van der Waals surface area contributed by atoms with Crippen LogP contribution in [0.3, 0.4) is 0 Å². The molecule has 0 aliphatic carbocycles. The Hall–Kier alpha value is -1.60. The smallest absolute Gasteiger partial charge is 0.271 e. The Labute approximate surface area is 108 Å². The minimum absolute atomic E-state index is 0.0775. The predicted molar refractivity (Wildman–Crippen MR) is 66.5 cm³/mol. The number of hydroxylamine groups is 2. The third-order valence-corrected chi connectivity index (χ3v) is 3.34. The zero-order valence-electron chi connectivity index (χ0n) is 9.79. The number of amides is 1. The molecule has 0 spiro atoms. The molecule has 0 radical (unpaired) electrons. The molecule has 0 aromatic heterocycles. The maximum Gasteiger partial charge on any atom is 0.284 e. The first-order chi connectivity index (χ1) is 8.63. The number of nitro groups is 1. The number of rotatable bonds is 3. The first-order valence-corrected chi connectivity index (χ1v) is 6.63. The average Bonchev–Trinajstić information content (AvgIpc) is 2.90. The van der Waals surface area contributed by atoms with Gasteiger partial charge in [-0.25, -0.2) is 5.06 Å². The highest BCUT2D eigenvalue weighted by Gasteiger charge is 2.27. The molecule has 1 fully saturated rings. The number of nitro benzene ring substituents is 1. The van der Waals surface area contributed by atoms with Gasteiger partial charge in [-0.15, -0.1) is 11.8 Å². The van der Waals surface area contributed by atoms with Crippen LogP contribution in [0, 0.1) is 10.1 Å². The van der Waals surface area contributed by atoms with Crippen LogP contribution < -0.4 is 0 Å². The normalized spacial score (nSPS) is 14.8. The fourth-order valence-corrected chi connectivity index (χ4v) is 2.15. The molecule has 0 N–H and O–H groups in total. The molecule has 1 aromatic carbocycles. The first-order valence-electron chi connectivity index (χ1n) is 5.40. The Morgan fingerprint density at radius 2 is 2.33 bits per heavy atom. The van der Waals surface area contributed by atoms with Crippen molar-refractivity contribution in [1.82, 2.24) is 5.06 Å². The van der Waals surface area contributed by atoms with Crippen LogP contribution in [0.5, 0.6) is 0 Å². The van der Waals surface area contributed by atoms with Gasteiger partial charge in [-0.05, 0) is 24.8 Å². The molecular formula is C11H12N2O4S. The van der Waals surface area contributed by atoms with Crippen LogP contribution >= 0.6 is 11.8 Å². The fourth-order valence-electron chi connectivity index (χ4n) is 1.71. The number of thioether (sulfide) groups is 1. The highest BCUT2D eigenvalue weighted by atomic mass is 32.2. The standard InChI is InChI=1S/C11H12N2O4S/c1-18-8-3-4-10(13(15)16)9(7-8)11(14)12-5-2-6-17-12/h3-4,7H,2,5-6H2,1H3. The van der Waals surface area contributed by atoms with Crippen molar-refractivity contribution in [3.05, 3.63) is 33.9 Å². The summed E-state index contributed by atoms with van der Waals surface area (Å²) in [6, 6.07) is 4.52. The van der Waals surface area contributed by atoms with Crippen LogP contribution in [0.1, 0.15) is 16.8 Å². The van der Waals surface area contributed by atoms with E-state index in [1.807, 2.05) is 6.26 Å². The zero-order chi connectivity index (χ0) is 13.1. The molecule has 7 heteroatoms. The van der Waals surface area contributed by atoms with E-state index in [4.69, 9.17) is 4.84 Å². The number of benzene rings is 1. The second-order valence-corrected chi connectivity index (χ2v) is 4.61. The molecule has 0 saturated carbocycles. The van der Waals surface area contributed by atoms with Crippen molar-refractivity contribution >= 4 is 23.4 Å². The summed E-state index contributed by atoms with van der Waals surface area (Å²) < 4.78 is 0. The molecule has 2 rings (SSSR count). The van der Waals surface area contributed by atoms with E-state index >= 15 is 0 Å². The van der Waals surface area contributed by atoms with E-state index < -0.39 is 10.8 Å². The van der Waals surface area contributed by atoms with E-state index in [0.29, 0.717) is 13.2 Å².